The normalized spacial score (nSPS) is 17.3. The van der Waals surface area contributed by atoms with E-state index in [0.717, 1.165) is 10.4 Å². The summed E-state index contributed by atoms with van der Waals surface area (Å²) in [5, 5.41) is 3.32. The second-order valence-electron chi connectivity index (χ2n) is 4.88. The Balaban J connectivity index is 1.48. The fourth-order valence-corrected chi connectivity index (χ4v) is 4.03. The Labute approximate surface area is 150 Å². The molecule has 0 radical (unpaired) electrons. The summed E-state index contributed by atoms with van der Waals surface area (Å²) >= 11 is 8.65. The zero-order valence-corrected chi connectivity index (χ0v) is 14.5. The van der Waals surface area contributed by atoms with Crippen LogP contribution in [-0.2, 0) is 10.5 Å². The number of aliphatic imine (C=N–C) groups is 1. The number of amides is 1. The quantitative estimate of drug-likeness (QED) is 0.828. The average Bonchev–Trinajstić information content (AvgIpc) is 3.26. The summed E-state index contributed by atoms with van der Waals surface area (Å²) in [6.45, 7) is 0.219. The predicted octanol–water partition coefficient (Wildman–Crippen LogP) is 3.29. The largest absolute Gasteiger partial charge is 0.454 e. The van der Waals surface area contributed by atoms with Crippen molar-refractivity contribution in [2.45, 2.75) is 5.75 Å². The minimum Gasteiger partial charge on any atom is -0.454 e. The molecule has 0 spiro atoms. The van der Waals surface area contributed by atoms with Crippen molar-refractivity contribution in [2.24, 2.45) is 4.99 Å². The van der Waals surface area contributed by atoms with Gasteiger partial charge >= 0.3 is 0 Å². The van der Waals surface area contributed by atoms with Gasteiger partial charge in [-0.2, -0.15) is 0 Å². The summed E-state index contributed by atoms with van der Waals surface area (Å²) in [6, 6.07) is 5.49. The highest BCUT2D eigenvalue weighted by Gasteiger charge is 2.21. The average molecular weight is 380 g/mol. The first-order valence-corrected chi connectivity index (χ1v) is 9.10. The van der Waals surface area contributed by atoms with Gasteiger partial charge in [0.25, 0.3) is 5.91 Å². The minimum atomic E-state index is -0.225. The van der Waals surface area contributed by atoms with E-state index in [1.165, 1.54) is 23.1 Å². The number of halogens is 1. The number of benzene rings is 1. The van der Waals surface area contributed by atoms with Crippen molar-refractivity contribution in [3.05, 3.63) is 45.0 Å². The van der Waals surface area contributed by atoms with Crippen LogP contribution in [-0.4, -0.2) is 22.9 Å². The molecule has 0 aliphatic carbocycles. The fourth-order valence-electron chi connectivity index (χ4n) is 2.17. The highest BCUT2D eigenvalue weighted by Crippen LogP contribution is 2.33. The Morgan fingerprint density at radius 1 is 1.38 bits per heavy atom. The molecule has 2 aliphatic rings. The number of ether oxygens (including phenoxy) is 2. The van der Waals surface area contributed by atoms with Crippen molar-refractivity contribution in [1.29, 1.82) is 0 Å². The Morgan fingerprint density at radius 2 is 2.25 bits per heavy atom. The summed E-state index contributed by atoms with van der Waals surface area (Å²) in [5.74, 6) is 1.80. The molecule has 1 aromatic heterocycles. The van der Waals surface area contributed by atoms with E-state index < -0.39 is 0 Å². The minimum absolute atomic E-state index is 0.219. The van der Waals surface area contributed by atoms with Gasteiger partial charge in [-0.3, -0.25) is 10.1 Å². The van der Waals surface area contributed by atoms with Crippen molar-refractivity contribution < 1.29 is 14.3 Å². The number of carbonyl (C=O) groups excluding carboxylic acids is 1. The molecule has 122 valence electrons. The maximum atomic E-state index is 12.0. The Bertz CT molecular complexity index is 879. The number of thioether (sulfide) groups is 1. The molecule has 0 bridgehead atoms. The number of carbonyl (C=O) groups is 1. The Kier molecular flexibility index (Phi) is 4.17. The van der Waals surface area contributed by atoms with Gasteiger partial charge in [-0.05, 0) is 23.8 Å². The number of thiazole rings is 1. The smallest absolute Gasteiger partial charge is 0.275 e. The standard InChI is InChI=1S/C15H10ClN3O3S2/c16-14-17-5-9(24-14)6-23-15-18-10(13(20)19-15)3-8-1-2-11-12(4-8)22-7-21-11/h1-5H,6-7H2,(H,18,19,20). The number of nitrogens with zero attached hydrogens (tertiary/aromatic N) is 2. The molecule has 0 fully saturated rings. The van der Waals surface area contributed by atoms with Crippen LogP contribution in [0.1, 0.15) is 10.4 Å². The number of amidine groups is 1. The van der Waals surface area contributed by atoms with Crippen LogP contribution < -0.4 is 14.8 Å². The summed E-state index contributed by atoms with van der Waals surface area (Å²) in [7, 11) is 0. The SMILES string of the molecule is O=C1NC(SCc2cnc(Cl)s2)=NC1=Cc1ccc2c(c1)OCO2. The van der Waals surface area contributed by atoms with Gasteiger partial charge in [0.05, 0.1) is 0 Å². The van der Waals surface area contributed by atoms with E-state index in [0.29, 0.717) is 32.6 Å². The van der Waals surface area contributed by atoms with Crippen LogP contribution >= 0.6 is 34.7 Å². The topological polar surface area (TPSA) is 72.8 Å². The van der Waals surface area contributed by atoms with E-state index in [9.17, 15) is 4.79 Å². The third-order valence-corrected chi connectivity index (χ3v) is 5.47. The molecule has 1 aromatic carbocycles. The molecule has 0 unspecified atom stereocenters. The molecule has 4 rings (SSSR count). The zero-order chi connectivity index (χ0) is 16.5. The molecule has 1 amide bonds. The summed E-state index contributed by atoms with van der Waals surface area (Å²) in [6.07, 6.45) is 3.44. The molecule has 6 nitrogen and oxygen atoms in total. The first kappa shape index (κ1) is 15.5. The van der Waals surface area contributed by atoms with E-state index in [1.807, 2.05) is 18.2 Å². The second-order valence-corrected chi connectivity index (χ2v) is 7.54. The third-order valence-electron chi connectivity index (χ3n) is 3.25. The maximum absolute atomic E-state index is 12.0. The van der Waals surface area contributed by atoms with Crippen LogP contribution in [0.5, 0.6) is 11.5 Å². The summed E-state index contributed by atoms with van der Waals surface area (Å²) < 4.78 is 11.1. The zero-order valence-electron chi connectivity index (χ0n) is 12.1. The predicted molar refractivity (Wildman–Crippen MR) is 94.5 cm³/mol. The van der Waals surface area contributed by atoms with Crippen molar-refractivity contribution in [3.63, 3.8) is 0 Å². The number of hydrogen-bond acceptors (Lipinski definition) is 7. The lowest BCUT2D eigenvalue weighted by molar-refractivity contribution is -0.115. The fraction of sp³-hybridized carbons (Fsp3) is 0.133. The van der Waals surface area contributed by atoms with E-state index in [4.69, 9.17) is 21.1 Å². The third kappa shape index (κ3) is 3.26. The van der Waals surface area contributed by atoms with E-state index in [-0.39, 0.29) is 12.7 Å². The van der Waals surface area contributed by atoms with E-state index in [2.05, 4.69) is 15.3 Å². The molecule has 0 saturated heterocycles. The van der Waals surface area contributed by atoms with Crippen molar-refractivity contribution >= 4 is 51.9 Å². The molecule has 24 heavy (non-hydrogen) atoms. The van der Waals surface area contributed by atoms with Gasteiger partial charge in [0.2, 0.25) is 6.79 Å². The van der Waals surface area contributed by atoms with Crippen LogP contribution in [0.2, 0.25) is 4.47 Å². The summed E-state index contributed by atoms with van der Waals surface area (Å²) in [5.41, 5.74) is 1.19. The van der Waals surface area contributed by atoms with Crippen LogP contribution in [0.25, 0.3) is 6.08 Å². The Hall–Kier alpha value is -2.03. The van der Waals surface area contributed by atoms with Crippen molar-refractivity contribution in [1.82, 2.24) is 10.3 Å². The van der Waals surface area contributed by atoms with Gasteiger partial charge in [-0.15, -0.1) is 11.3 Å². The van der Waals surface area contributed by atoms with Gasteiger partial charge in [0, 0.05) is 16.8 Å². The van der Waals surface area contributed by atoms with Gasteiger partial charge < -0.3 is 9.47 Å². The second kappa shape index (κ2) is 6.46. The van der Waals surface area contributed by atoms with E-state index >= 15 is 0 Å². The van der Waals surface area contributed by atoms with Crippen LogP contribution in [0.15, 0.2) is 35.1 Å². The number of nitrogens with one attached hydrogen (secondary N) is 1. The number of rotatable bonds is 3. The molecule has 0 saturated carbocycles. The molecular formula is C15H10ClN3O3S2. The molecule has 3 heterocycles. The van der Waals surface area contributed by atoms with Crippen molar-refractivity contribution in [2.75, 3.05) is 6.79 Å². The molecular weight excluding hydrogens is 370 g/mol. The molecule has 9 heteroatoms. The lowest BCUT2D eigenvalue weighted by Crippen LogP contribution is -2.21. The molecule has 2 aromatic rings. The first-order valence-electron chi connectivity index (χ1n) is 6.92. The number of hydrogen-bond donors (Lipinski definition) is 1. The Morgan fingerprint density at radius 3 is 3.08 bits per heavy atom. The monoisotopic (exact) mass is 379 g/mol. The molecule has 2 aliphatic heterocycles. The molecule has 0 atom stereocenters. The maximum Gasteiger partial charge on any atom is 0.275 e. The lowest BCUT2D eigenvalue weighted by atomic mass is 10.1. The highest BCUT2D eigenvalue weighted by molar-refractivity contribution is 8.13. The molecule has 1 N–H and O–H groups in total. The van der Waals surface area contributed by atoms with Gasteiger partial charge in [0.15, 0.2) is 21.1 Å². The number of aromatic nitrogens is 1. The van der Waals surface area contributed by atoms with Gasteiger partial charge in [-0.25, -0.2) is 9.98 Å². The summed E-state index contributed by atoms with van der Waals surface area (Å²) in [4.78, 5) is 21.4. The lowest BCUT2D eigenvalue weighted by Gasteiger charge is -1.98. The number of fused-ring (bicyclic) bond motifs is 1. The van der Waals surface area contributed by atoms with Crippen LogP contribution in [0.4, 0.5) is 0 Å². The highest BCUT2D eigenvalue weighted by atomic mass is 35.5. The first-order chi connectivity index (χ1) is 11.7. The van der Waals surface area contributed by atoms with Crippen LogP contribution in [0.3, 0.4) is 0 Å². The van der Waals surface area contributed by atoms with Gasteiger partial charge in [0.1, 0.15) is 5.70 Å². The van der Waals surface area contributed by atoms with Crippen LogP contribution in [0, 0.1) is 0 Å². The van der Waals surface area contributed by atoms with E-state index in [1.54, 1.807) is 12.3 Å². The van der Waals surface area contributed by atoms with Crippen molar-refractivity contribution in [3.8, 4) is 11.5 Å². The van der Waals surface area contributed by atoms with Gasteiger partial charge in [-0.1, -0.05) is 29.4 Å².